The normalized spacial score (nSPS) is 13.7. The summed E-state index contributed by atoms with van der Waals surface area (Å²) in [6.07, 6.45) is 1.07. The number of carbonyl (C=O) groups is 1. The summed E-state index contributed by atoms with van der Waals surface area (Å²) in [5, 5.41) is 3.83. The molecule has 0 aliphatic carbocycles. The monoisotopic (exact) mass is 279 g/mol. The van der Waals surface area contributed by atoms with Gasteiger partial charge in [0.1, 0.15) is 6.61 Å². The van der Waals surface area contributed by atoms with Crippen molar-refractivity contribution >= 4 is 21.8 Å². The van der Waals surface area contributed by atoms with Crippen LogP contribution in [0.15, 0.2) is 0 Å². The van der Waals surface area contributed by atoms with Crippen LogP contribution in [0.5, 0.6) is 0 Å². The van der Waals surface area contributed by atoms with E-state index in [1.807, 2.05) is 20.8 Å². The van der Waals surface area contributed by atoms with Gasteiger partial charge in [-0.3, -0.25) is 4.79 Å². The zero-order valence-corrected chi connectivity index (χ0v) is 11.7. The first-order valence-electron chi connectivity index (χ1n) is 5.32. The molecule has 0 aliphatic heterocycles. The van der Waals surface area contributed by atoms with E-state index in [2.05, 4.69) is 28.2 Å². The van der Waals surface area contributed by atoms with E-state index in [1.165, 1.54) is 0 Å². The Labute approximate surface area is 101 Å². The minimum Gasteiger partial charge on any atom is -0.366 e. The van der Waals surface area contributed by atoms with Gasteiger partial charge in [-0.05, 0) is 33.1 Å². The number of halogens is 1. The van der Waals surface area contributed by atoms with Crippen molar-refractivity contribution in [2.75, 3.05) is 18.5 Å². The molecule has 0 heterocycles. The number of rotatable bonds is 6. The molecule has 0 aromatic rings. The van der Waals surface area contributed by atoms with Crippen LogP contribution in [0, 0.1) is 5.92 Å². The second kappa shape index (κ2) is 7.23. The lowest BCUT2D eigenvalue weighted by Gasteiger charge is -2.19. The van der Waals surface area contributed by atoms with Crippen LogP contribution < -0.4 is 5.32 Å². The number of nitrogens with one attached hydrogen (secondary N) is 1. The first kappa shape index (κ1) is 14.9. The summed E-state index contributed by atoms with van der Waals surface area (Å²) in [4.78, 5) is 11.4. The summed E-state index contributed by atoms with van der Waals surface area (Å²) in [6, 6.07) is 0. The van der Waals surface area contributed by atoms with E-state index in [0.29, 0.717) is 5.92 Å². The Hall–Kier alpha value is -0.0900. The van der Waals surface area contributed by atoms with Crippen LogP contribution in [0.25, 0.3) is 0 Å². The number of carbonyl (C=O) groups excluding carboxylic acids is 1. The molecule has 0 aromatic heterocycles. The highest BCUT2D eigenvalue weighted by Gasteiger charge is 2.13. The predicted molar refractivity (Wildman–Crippen MR) is 66.3 cm³/mol. The van der Waals surface area contributed by atoms with Gasteiger partial charge >= 0.3 is 0 Å². The lowest BCUT2D eigenvalue weighted by atomic mass is 10.1. The van der Waals surface area contributed by atoms with Crippen LogP contribution in [0.4, 0.5) is 0 Å². The largest absolute Gasteiger partial charge is 0.366 e. The molecular formula is C11H22BrNO2. The van der Waals surface area contributed by atoms with Crippen LogP contribution in [-0.4, -0.2) is 30.0 Å². The molecule has 1 amide bonds. The summed E-state index contributed by atoms with van der Waals surface area (Å²) in [5.41, 5.74) is -0.251. The molecule has 0 aromatic carbocycles. The molecule has 0 saturated heterocycles. The second-order valence-corrected chi connectivity index (χ2v) is 5.58. The van der Waals surface area contributed by atoms with E-state index in [4.69, 9.17) is 4.74 Å². The Morgan fingerprint density at radius 3 is 2.53 bits per heavy atom. The third-order valence-electron chi connectivity index (χ3n) is 1.89. The lowest BCUT2D eigenvalue weighted by Crippen LogP contribution is -2.34. The SMILES string of the molecule is CC(CCBr)CNC(=O)COC(C)(C)C. The van der Waals surface area contributed by atoms with Crippen molar-refractivity contribution in [3.63, 3.8) is 0 Å². The number of hydrogen-bond acceptors (Lipinski definition) is 2. The fourth-order valence-corrected chi connectivity index (χ4v) is 1.69. The molecule has 0 saturated carbocycles. The molecule has 0 radical (unpaired) electrons. The first-order valence-corrected chi connectivity index (χ1v) is 6.44. The third kappa shape index (κ3) is 10.2. The maximum atomic E-state index is 11.4. The molecule has 3 nitrogen and oxygen atoms in total. The fraction of sp³-hybridized carbons (Fsp3) is 0.909. The summed E-state index contributed by atoms with van der Waals surface area (Å²) >= 11 is 3.38. The van der Waals surface area contributed by atoms with Crippen molar-refractivity contribution in [1.29, 1.82) is 0 Å². The highest BCUT2D eigenvalue weighted by Crippen LogP contribution is 2.06. The zero-order valence-electron chi connectivity index (χ0n) is 10.1. The summed E-state index contributed by atoms with van der Waals surface area (Å²) < 4.78 is 5.36. The van der Waals surface area contributed by atoms with Crippen LogP contribution in [0.2, 0.25) is 0 Å². The van der Waals surface area contributed by atoms with Crippen molar-refractivity contribution in [2.24, 2.45) is 5.92 Å². The van der Waals surface area contributed by atoms with Crippen LogP contribution >= 0.6 is 15.9 Å². The maximum absolute atomic E-state index is 11.4. The van der Waals surface area contributed by atoms with Gasteiger partial charge in [0.2, 0.25) is 5.91 Å². The van der Waals surface area contributed by atoms with Crippen LogP contribution in [0.3, 0.4) is 0 Å². The molecule has 0 fully saturated rings. The number of hydrogen-bond donors (Lipinski definition) is 1. The van der Waals surface area contributed by atoms with E-state index in [-0.39, 0.29) is 18.1 Å². The van der Waals surface area contributed by atoms with E-state index < -0.39 is 0 Å². The standard InChI is InChI=1S/C11H22BrNO2/c1-9(5-6-12)7-13-10(14)8-15-11(2,3)4/h9H,5-8H2,1-4H3,(H,13,14). The molecule has 15 heavy (non-hydrogen) atoms. The van der Waals surface area contributed by atoms with Crippen LogP contribution in [-0.2, 0) is 9.53 Å². The number of alkyl halides is 1. The van der Waals surface area contributed by atoms with Crippen molar-refractivity contribution < 1.29 is 9.53 Å². The van der Waals surface area contributed by atoms with E-state index in [1.54, 1.807) is 0 Å². The molecule has 1 N–H and O–H groups in total. The quantitative estimate of drug-likeness (QED) is 0.758. The van der Waals surface area contributed by atoms with Crippen molar-refractivity contribution in [2.45, 2.75) is 39.7 Å². The van der Waals surface area contributed by atoms with Gasteiger partial charge in [-0.15, -0.1) is 0 Å². The Balaban J connectivity index is 3.58. The van der Waals surface area contributed by atoms with E-state index in [9.17, 15) is 4.79 Å². The van der Waals surface area contributed by atoms with Gasteiger partial charge in [0, 0.05) is 11.9 Å². The van der Waals surface area contributed by atoms with Gasteiger partial charge in [0.05, 0.1) is 5.60 Å². The Bertz CT molecular complexity index is 190. The van der Waals surface area contributed by atoms with Crippen LogP contribution in [0.1, 0.15) is 34.1 Å². The molecular weight excluding hydrogens is 258 g/mol. The van der Waals surface area contributed by atoms with E-state index >= 15 is 0 Å². The molecule has 0 spiro atoms. The maximum Gasteiger partial charge on any atom is 0.246 e. The fourth-order valence-electron chi connectivity index (χ4n) is 0.909. The summed E-state index contributed by atoms with van der Waals surface area (Å²) in [6.45, 7) is 8.80. The van der Waals surface area contributed by atoms with E-state index in [0.717, 1.165) is 18.3 Å². The topological polar surface area (TPSA) is 38.3 Å². The van der Waals surface area contributed by atoms with Gasteiger partial charge in [0.25, 0.3) is 0 Å². The predicted octanol–water partition coefficient (Wildman–Crippen LogP) is 2.34. The highest BCUT2D eigenvalue weighted by molar-refractivity contribution is 9.09. The third-order valence-corrected chi connectivity index (χ3v) is 2.34. The minimum atomic E-state index is -0.251. The molecule has 0 aliphatic rings. The zero-order chi connectivity index (χ0) is 11.9. The van der Waals surface area contributed by atoms with Crippen molar-refractivity contribution in [1.82, 2.24) is 5.32 Å². The smallest absolute Gasteiger partial charge is 0.246 e. The van der Waals surface area contributed by atoms with Gasteiger partial charge in [-0.25, -0.2) is 0 Å². The van der Waals surface area contributed by atoms with Gasteiger partial charge in [-0.1, -0.05) is 22.9 Å². The second-order valence-electron chi connectivity index (χ2n) is 4.79. The number of ether oxygens (including phenoxy) is 1. The molecule has 1 atom stereocenters. The number of amides is 1. The molecule has 90 valence electrons. The Morgan fingerprint density at radius 1 is 1.47 bits per heavy atom. The minimum absolute atomic E-state index is 0.0358. The Morgan fingerprint density at radius 2 is 2.07 bits per heavy atom. The molecule has 1 unspecified atom stereocenters. The lowest BCUT2D eigenvalue weighted by molar-refractivity contribution is -0.130. The van der Waals surface area contributed by atoms with Gasteiger partial charge in [0.15, 0.2) is 0 Å². The highest BCUT2D eigenvalue weighted by atomic mass is 79.9. The van der Waals surface area contributed by atoms with Crippen molar-refractivity contribution in [3.8, 4) is 0 Å². The average Bonchev–Trinajstić information content (AvgIpc) is 2.11. The molecule has 0 rings (SSSR count). The van der Waals surface area contributed by atoms with Crippen molar-refractivity contribution in [3.05, 3.63) is 0 Å². The molecule has 4 heteroatoms. The first-order chi connectivity index (χ1) is 6.85. The summed E-state index contributed by atoms with van der Waals surface area (Å²) in [5.74, 6) is 0.467. The Kier molecular flexibility index (Phi) is 7.18. The average molecular weight is 280 g/mol. The van der Waals surface area contributed by atoms with Gasteiger partial charge in [-0.2, -0.15) is 0 Å². The summed E-state index contributed by atoms with van der Waals surface area (Å²) in [7, 11) is 0. The molecule has 0 bridgehead atoms. The van der Waals surface area contributed by atoms with Gasteiger partial charge < -0.3 is 10.1 Å².